The fraction of sp³-hybridized carbons (Fsp3) is 0.500. The van der Waals surface area contributed by atoms with Crippen LogP contribution in [0.5, 0.6) is 0 Å². The summed E-state index contributed by atoms with van der Waals surface area (Å²) >= 11 is 3.36. The lowest BCUT2D eigenvalue weighted by atomic mass is 9.97. The Bertz CT molecular complexity index is 456. The number of halogens is 1. The van der Waals surface area contributed by atoms with Crippen molar-refractivity contribution in [3.63, 3.8) is 0 Å². The second-order valence-electron chi connectivity index (χ2n) is 4.82. The van der Waals surface area contributed by atoms with Crippen LogP contribution in [0.4, 0.5) is 5.69 Å². The van der Waals surface area contributed by atoms with Gasteiger partial charge in [-0.25, -0.2) is 0 Å². The van der Waals surface area contributed by atoms with Crippen molar-refractivity contribution >= 4 is 21.6 Å². The lowest BCUT2D eigenvalue weighted by molar-refractivity contribution is 0.199. The van der Waals surface area contributed by atoms with Gasteiger partial charge in [0.15, 0.2) is 0 Å². The molecule has 1 aromatic rings. The quantitative estimate of drug-likeness (QED) is 0.898. The Hall–Kier alpha value is -1.05. The van der Waals surface area contributed by atoms with E-state index < -0.39 is 0 Å². The molecule has 1 aromatic carbocycles. The van der Waals surface area contributed by atoms with Gasteiger partial charge in [0.1, 0.15) is 6.07 Å². The zero-order chi connectivity index (χ0) is 13.0. The van der Waals surface area contributed by atoms with Crippen LogP contribution in [-0.2, 0) is 0 Å². The Kier molecular flexibility index (Phi) is 4.62. The second kappa shape index (κ2) is 6.21. The molecule has 3 nitrogen and oxygen atoms in total. The summed E-state index contributed by atoms with van der Waals surface area (Å²) in [4.78, 5) is 0. The number of aliphatic hydroxyl groups is 1. The first-order chi connectivity index (χ1) is 8.74. The molecule has 0 aliphatic heterocycles. The minimum absolute atomic E-state index is 0.276. The van der Waals surface area contributed by atoms with Crippen LogP contribution in [0.1, 0.15) is 24.8 Å². The first-order valence-corrected chi connectivity index (χ1v) is 7.08. The average molecular weight is 309 g/mol. The fourth-order valence-electron chi connectivity index (χ4n) is 2.63. The molecule has 18 heavy (non-hydrogen) atoms. The Morgan fingerprint density at radius 2 is 2.17 bits per heavy atom. The van der Waals surface area contributed by atoms with Crippen LogP contribution >= 0.6 is 15.9 Å². The third-order valence-electron chi connectivity index (χ3n) is 3.71. The summed E-state index contributed by atoms with van der Waals surface area (Å²) in [5.74, 6) is 0.934. The van der Waals surface area contributed by atoms with Crippen molar-refractivity contribution in [1.29, 1.82) is 5.26 Å². The Morgan fingerprint density at radius 1 is 1.39 bits per heavy atom. The molecule has 1 aliphatic carbocycles. The van der Waals surface area contributed by atoms with E-state index in [0.717, 1.165) is 29.5 Å². The highest BCUT2D eigenvalue weighted by molar-refractivity contribution is 9.10. The van der Waals surface area contributed by atoms with E-state index in [1.807, 2.05) is 18.2 Å². The van der Waals surface area contributed by atoms with Gasteiger partial charge in [0.25, 0.3) is 0 Å². The molecule has 0 heterocycles. The van der Waals surface area contributed by atoms with Crippen LogP contribution < -0.4 is 5.32 Å². The summed E-state index contributed by atoms with van der Waals surface area (Å²) in [6, 6.07) is 7.87. The predicted octanol–water partition coefficient (Wildman–Crippen LogP) is 3.14. The molecule has 2 rings (SSSR count). The molecule has 0 aromatic heterocycles. The molecule has 0 radical (unpaired) electrons. The van der Waals surface area contributed by atoms with Gasteiger partial charge in [-0.1, -0.05) is 22.4 Å². The number of hydrogen-bond donors (Lipinski definition) is 2. The van der Waals surface area contributed by atoms with Gasteiger partial charge in [0, 0.05) is 17.6 Å². The smallest absolute Gasteiger partial charge is 0.101 e. The highest BCUT2D eigenvalue weighted by Gasteiger charge is 2.26. The Balaban J connectivity index is 2.00. The van der Waals surface area contributed by atoms with E-state index in [1.165, 1.54) is 6.42 Å². The number of rotatable bonds is 4. The topological polar surface area (TPSA) is 56.0 Å². The first-order valence-electron chi connectivity index (χ1n) is 6.29. The molecule has 2 atom stereocenters. The van der Waals surface area contributed by atoms with E-state index in [2.05, 4.69) is 27.3 Å². The minimum atomic E-state index is 0.276. The van der Waals surface area contributed by atoms with Gasteiger partial charge in [0.05, 0.1) is 11.3 Å². The summed E-state index contributed by atoms with van der Waals surface area (Å²) < 4.78 is 0.915. The van der Waals surface area contributed by atoms with Gasteiger partial charge in [-0.15, -0.1) is 0 Å². The number of anilines is 1. The van der Waals surface area contributed by atoms with Gasteiger partial charge in [-0.3, -0.25) is 0 Å². The number of nitriles is 1. The number of hydrogen-bond acceptors (Lipinski definition) is 3. The van der Waals surface area contributed by atoms with Gasteiger partial charge < -0.3 is 10.4 Å². The Labute approximate surface area is 116 Å². The van der Waals surface area contributed by atoms with E-state index in [1.54, 1.807) is 0 Å². The van der Waals surface area contributed by atoms with Crippen molar-refractivity contribution in [3.8, 4) is 6.07 Å². The molecule has 0 spiro atoms. The van der Waals surface area contributed by atoms with Crippen molar-refractivity contribution in [2.24, 2.45) is 11.8 Å². The van der Waals surface area contributed by atoms with Gasteiger partial charge >= 0.3 is 0 Å². The summed E-state index contributed by atoms with van der Waals surface area (Å²) in [7, 11) is 0. The number of aliphatic hydroxyl groups excluding tert-OH is 1. The monoisotopic (exact) mass is 308 g/mol. The predicted molar refractivity (Wildman–Crippen MR) is 75.3 cm³/mol. The molecule has 0 saturated heterocycles. The molecule has 2 unspecified atom stereocenters. The van der Waals surface area contributed by atoms with Gasteiger partial charge in [-0.2, -0.15) is 5.26 Å². The SMILES string of the molecule is N#Cc1cc(Br)ccc1NCC1CCCC1CO. The highest BCUT2D eigenvalue weighted by Crippen LogP contribution is 2.31. The minimum Gasteiger partial charge on any atom is -0.396 e. The summed E-state index contributed by atoms with van der Waals surface area (Å²) in [6.07, 6.45) is 3.48. The molecule has 2 N–H and O–H groups in total. The molecule has 4 heteroatoms. The lowest BCUT2D eigenvalue weighted by Gasteiger charge is -2.19. The molecule has 96 valence electrons. The van der Waals surface area contributed by atoms with E-state index in [9.17, 15) is 5.11 Å². The third-order valence-corrected chi connectivity index (χ3v) is 4.20. The summed E-state index contributed by atoms with van der Waals surface area (Å²) in [6.45, 7) is 1.11. The van der Waals surface area contributed by atoms with Crippen molar-refractivity contribution in [2.45, 2.75) is 19.3 Å². The first kappa shape index (κ1) is 13.4. The van der Waals surface area contributed by atoms with Crippen LogP contribution in [0, 0.1) is 23.2 Å². The molecule has 0 amide bonds. The zero-order valence-electron chi connectivity index (χ0n) is 10.2. The maximum Gasteiger partial charge on any atom is 0.101 e. The molecular formula is C14H17BrN2O. The molecular weight excluding hydrogens is 292 g/mol. The largest absolute Gasteiger partial charge is 0.396 e. The highest BCUT2D eigenvalue weighted by atomic mass is 79.9. The maximum absolute atomic E-state index is 9.28. The molecule has 1 aliphatic rings. The van der Waals surface area contributed by atoms with Gasteiger partial charge in [0.2, 0.25) is 0 Å². The van der Waals surface area contributed by atoms with E-state index in [0.29, 0.717) is 17.4 Å². The maximum atomic E-state index is 9.28. The van der Waals surface area contributed by atoms with Gasteiger partial charge in [-0.05, 0) is 42.9 Å². The van der Waals surface area contributed by atoms with Crippen LogP contribution in [0.15, 0.2) is 22.7 Å². The fourth-order valence-corrected chi connectivity index (χ4v) is 2.99. The third kappa shape index (κ3) is 3.04. The van der Waals surface area contributed by atoms with E-state index in [-0.39, 0.29) is 6.61 Å². The normalized spacial score (nSPS) is 22.7. The standard InChI is InChI=1S/C14H17BrN2O/c15-13-4-5-14(12(6-13)7-16)17-8-10-2-1-3-11(10)9-18/h4-6,10-11,17-18H,1-3,8-9H2. The second-order valence-corrected chi connectivity index (χ2v) is 5.73. The molecule has 1 fully saturated rings. The Morgan fingerprint density at radius 3 is 2.89 bits per heavy atom. The number of benzene rings is 1. The number of nitrogens with one attached hydrogen (secondary N) is 1. The van der Waals surface area contributed by atoms with Crippen molar-refractivity contribution in [1.82, 2.24) is 0 Å². The molecule has 0 bridgehead atoms. The van der Waals surface area contributed by atoms with Crippen molar-refractivity contribution in [2.75, 3.05) is 18.5 Å². The lowest BCUT2D eigenvalue weighted by Crippen LogP contribution is -2.21. The summed E-state index contributed by atoms with van der Waals surface area (Å²) in [5, 5.41) is 21.7. The van der Waals surface area contributed by atoms with Crippen LogP contribution in [0.25, 0.3) is 0 Å². The van der Waals surface area contributed by atoms with Crippen LogP contribution in [0.2, 0.25) is 0 Å². The van der Waals surface area contributed by atoms with E-state index in [4.69, 9.17) is 5.26 Å². The average Bonchev–Trinajstić information content (AvgIpc) is 2.84. The van der Waals surface area contributed by atoms with Crippen molar-refractivity contribution < 1.29 is 5.11 Å². The number of nitrogens with zero attached hydrogens (tertiary/aromatic N) is 1. The molecule has 1 saturated carbocycles. The van der Waals surface area contributed by atoms with Crippen LogP contribution in [0.3, 0.4) is 0 Å². The van der Waals surface area contributed by atoms with Crippen LogP contribution in [-0.4, -0.2) is 18.3 Å². The van der Waals surface area contributed by atoms with Crippen molar-refractivity contribution in [3.05, 3.63) is 28.2 Å². The summed E-state index contributed by atoms with van der Waals surface area (Å²) in [5.41, 5.74) is 1.53. The van der Waals surface area contributed by atoms with E-state index >= 15 is 0 Å². The zero-order valence-corrected chi connectivity index (χ0v) is 11.8.